The molecule has 0 bridgehead atoms. The Morgan fingerprint density at radius 3 is 2.55 bits per heavy atom. The summed E-state index contributed by atoms with van der Waals surface area (Å²) in [5.41, 5.74) is 1.99. The zero-order valence-electron chi connectivity index (χ0n) is 11.4. The first-order valence-electron chi connectivity index (χ1n) is 6.60. The minimum Gasteiger partial charge on any atom is -0.504 e. The largest absolute Gasteiger partial charge is 0.504 e. The molecule has 0 saturated heterocycles. The molecular formula is C17H13NO4. The average Bonchev–Trinajstić information content (AvgIpc) is 2.92. The molecule has 0 fully saturated rings. The fourth-order valence-corrected chi connectivity index (χ4v) is 2.35. The molecule has 0 unspecified atom stereocenters. The number of fused-ring (bicyclic) bond motifs is 1. The zero-order valence-corrected chi connectivity index (χ0v) is 11.4. The molecule has 1 aromatic heterocycles. The summed E-state index contributed by atoms with van der Waals surface area (Å²) >= 11 is 0. The minimum absolute atomic E-state index is 0.0996. The highest BCUT2D eigenvalue weighted by Gasteiger charge is 2.15. The maximum absolute atomic E-state index is 11.6. The molecule has 0 aliphatic heterocycles. The standard InChI is InChI=1S/C17H13NO4/c19-15-6-5-10(8-16(15)20)7-12(17(21)22)13-9-18-14-4-2-1-3-11(13)14/h1-9,18-20H,(H,21,22). The van der Waals surface area contributed by atoms with Crippen molar-refractivity contribution in [1.82, 2.24) is 4.98 Å². The minimum atomic E-state index is -1.07. The fraction of sp³-hybridized carbons (Fsp3) is 0. The van der Waals surface area contributed by atoms with Crippen molar-refractivity contribution in [3.05, 3.63) is 59.8 Å². The van der Waals surface area contributed by atoms with E-state index in [4.69, 9.17) is 0 Å². The summed E-state index contributed by atoms with van der Waals surface area (Å²) in [6.07, 6.45) is 3.10. The predicted molar refractivity (Wildman–Crippen MR) is 83.6 cm³/mol. The van der Waals surface area contributed by atoms with Gasteiger partial charge >= 0.3 is 5.97 Å². The van der Waals surface area contributed by atoms with E-state index in [0.29, 0.717) is 11.1 Å². The van der Waals surface area contributed by atoms with E-state index in [9.17, 15) is 20.1 Å². The number of hydrogen-bond acceptors (Lipinski definition) is 3. The van der Waals surface area contributed by atoms with Crippen molar-refractivity contribution in [3.8, 4) is 11.5 Å². The number of phenolic OH excluding ortho intramolecular Hbond substituents is 2. The number of carboxylic acids is 1. The van der Waals surface area contributed by atoms with Crippen molar-refractivity contribution in [2.24, 2.45) is 0 Å². The number of phenols is 2. The molecule has 0 saturated carbocycles. The van der Waals surface area contributed by atoms with E-state index < -0.39 is 5.97 Å². The topological polar surface area (TPSA) is 93.6 Å². The molecular weight excluding hydrogens is 282 g/mol. The molecule has 4 N–H and O–H groups in total. The molecule has 0 spiro atoms. The third-order valence-electron chi connectivity index (χ3n) is 3.42. The summed E-state index contributed by atoms with van der Waals surface area (Å²) in [5.74, 6) is -1.61. The van der Waals surface area contributed by atoms with Gasteiger partial charge in [0.1, 0.15) is 0 Å². The number of H-pyrrole nitrogens is 1. The van der Waals surface area contributed by atoms with Crippen LogP contribution in [0, 0.1) is 0 Å². The van der Waals surface area contributed by atoms with Crippen LogP contribution >= 0.6 is 0 Å². The molecule has 2 aromatic carbocycles. The lowest BCUT2D eigenvalue weighted by molar-refractivity contribution is -0.130. The Bertz CT molecular complexity index is 893. The van der Waals surface area contributed by atoms with Gasteiger partial charge in [0, 0.05) is 22.7 Å². The van der Waals surface area contributed by atoms with Crippen molar-refractivity contribution in [3.63, 3.8) is 0 Å². The molecule has 3 rings (SSSR count). The van der Waals surface area contributed by atoms with E-state index in [2.05, 4.69) is 4.98 Å². The number of aliphatic carboxylic acids is 1. The van der Waals surface area contributed by atoms with E-state index in [1.165, 1.54) is 24.3 Å². The molecule has 5 nitrogen and oxygen atoms in total. The lowest BCUT2D eigenvalue weighted by atomic mass is 10.0. The van der Waals surface area contributed by atoms with Gasteiger partial charge < -0.3 is 20.3 Å². The molecule has 5 heteroatoms. The van der Waals surface area contributed by atoms with Crippen LogP contribution in [0.1, 0.15) is 11.1 Å². The van der Waals surface area contributed by atoms with Crippen LogP contribution in [0.2, 0.25) is 0 Å². The van der Waals surface area contributed by atoms with Crippen LogP contribution in [0.5, 0.6) is 11.5 Å². The van der Waals surface area contributed by atoms with Crippen LogP contribution in [0.4, 0.5) is 0 Å². The van der Waals surface area contributed by atoms with Crippen molar-refractivity contribution in [2.75, 3.05) is 0 Å². The molecule has 0 aliphatic rings. The molecule has 3 aromatic rings. The van der Waals surface area contributed by atoms with Gasteiger partial charge in [-0.25, -0.2) is 4.79 Å². The van der Waals surface area contributed by atoms with Gasteiger partial charge in [0.05, 0.1) is 5.57 Å². The van der Waals surface area contributed by atoms with E-state index in [1.807, 2.05) is 24.3 Å². The highest BCUT2D eigenvalue weighted by molar-refractivity contribution is 6.23. The van der Waals surface area contributed by atoms with Gasteiger partial charge in [-0.2, -0.15) is 0 Å². The molecule has 0 radical (unpaired) electrons. The second-order valence-electron chi connectivity index (χ2n) is 4.86. The van der Waals surface area contributed by atoms with Crippen LogP contribution in [0.3, 0.4) is 0 Å². The molecule has 1 heterocycles. The molecule has 22 heavy (non-hydrogen) atoms. The lowest BCUT2D eigenvalue weighted by Crippen LogP contribution is -1.99. The Kier molecular flexibility index (Phi) is 3.31. The first kappa shape index (κ1) is 13.8. The van der Waals surface area contributed by atoms with Crippen LogP contribution in [-0.4, -0.2) is 26.3 Å². The van der Waals surface area contributed by atoms with Gasteiger partial charge in [-0.05, 0) is 29.8 Å². The van der Waals surface area contributed by atoms with E-state index in [0.717, 1.165) is 10.9 Å². The molecule has 0 atom stereocenters. The van der Waals surface area contributed by atoms with Gasteiger partial charge in [0.25, 0.3) is 0 Å². The maximum atomic E-state index is 11.6. The number of carbonyl (C=O) groups is 1. The Morgan fingerprint density at radius 1 is 1.05 bits per heavy atom. The third kappa shape index (κ3) is 2.40. The summed E-state index contributed by atoms with van der Waals surface area (Å²) in [6.45, 7) is 0. The third-order valence-corrected chi connectivity index (χ3v) is 3.42. The van der Waals surface area contributed by atoms with Crippen LogP contribution in [0.15, 0.2) is 48.7 Å². The van der Waals surface area contributed by atoms with Gasteiger partial charge in [0.15, 0.2) is 11.5 Å². The summed E-state index contributed by atoms with van der Waals surface area (Å²) in [4.78, 5) is 14.6. The Labute approximate surface area is 125 Å². The number of nitrogens with one attached hydrogen (secondary N) is 1. The Morgan fingerprint density at radius 2 is 1.82 bits per heavy atom. The number of hydrogen-bond donors (Lipinski definition) is 4. The second kappa shape index (κ2) is 5.29. The number of aromatic hydroxyl groups is 2. The second-order valence-corrected chi connectivity index (χ2v) is 4.86. The SMILES string of the molecule is O=C(O)C(=Cc1ccc(O)c(O)c1)c1c[nH]c2ccccc12. The Hall–Kier alpha value is -3.21. The van der Waals surface area contributed by atoms with Crippen molar-refractivity contribution >= 4 is 28.5 Å². The predicted octanol–water partition coefficient (Wildman–Crippen LogP) is 3.20. The first-order valence-corrected chi connectivity index (χ1v) is 6.60. The van der Waals surface area contributed by atoms with Crippen LogP contribution in [-0.2, 0) is 4.79 Å². The number of aromatic amines is 1. The van der Waals surface area contributed by atoms with Gasteiger partial charge in [-0.3, -0.25) is 0 Å². The van der Waals surface area contributed by atoms with Gasteiger partial charge in [-0.1, -0.05) is 24.3 Å². The summed E-state index contributed by atoms with van der Waals surface area (Å²) in [7, 11) is 0. The molecule has 0 amide bonds. The average molecular weight is 295 g/mol. The van der Waals surface area contributed by atoms with Crippen LogP contribution < -0.4 is 0 Å². The zero-order chi connectivity index (χ0) is 15.7. The van der Waals surface area contributed by atoms with Crippen LogP contribution in [0.25, 0.3) is 22.6 Å². The highest BCUT2D eigenvalue weighted by atomic mass is 16.4. The Balaban J connectivity index is 2.15. The number of rotatable bonds is 3. The number of carboxylic acid groups (broad SMARTS) is 1. The first-order chi connectivity index (χ1) is 10.6. The smallest absolute Gasteiger partial charge is 0.336 e. The molecule has 0 aliphatic carbocycles. The van der Waals surface area contributed by atoms with Crippen molar-refractivity contribution in [2.45, 2.75) is 0 Å². The number of aromatic nitrogens is 1. The van der Waals surface area contributed by atoms with E-state index in [-0.39, 0.29) is 17.1 Å². The van der Waals surface area contributed by atoms with Gasteiger partial charge in [-0.15, -0.1) is 0 Å². The van der Waals surface area contributed by atoms with Crippen molar-refractivity contribution in [1.29, 1.82) is 0 Å². The summed E-state index contributed by atoms with van der Waals surface area (Å²) in [5, 5.41) is 29.1. The summed E-state index contributed by atoms with van der Waals surface area (Å²) < 4.78 is 0. The summed E-state index contributed by atoms with van der Waals surface area (Å²) in [6, 6.07) is 11.6. The monoisotopic (exact) mass is 295 g/mol. The van der Waals surface area contributed by atoms with E-state index in [1.54, 1.807) is 6.20 Å². The highest BCUT2D eigenvalue weighted by Crippen LogP contribution is 2.30. The number of benzene rings is 2. The fourth-order valence-electron chi connectivity index (χ4n) is 2.35. The van der Waals surface area contributed by atoms with Crippen molar-refractivity contribution < 1.29 is 20.1 Å². The normalized spacial score (nSPS) is 11.7. The maximum Gasteiger partial charge on any atom is 0.336 e. The quantitative estimate of drug-likeness (QED) is 0.441. The number of para-hydroxylation sites is 1. The molecule has 110 valence electrons. The van der Waals surface area contributed by atoms with Gasteiger partial charge in [0.2, 0.25) is 0 Å². The lowest BCUT2D eigenvalue weighted by Gasteiger charge is -2.03. The van der Waals surface area contributed by atoms with E-state index >= 15 is 0 Å².